The van der Waals surface area contributed by atoms with Crippen LogP contribution in [0.2, 0.25) is 0 Å². The minimum Gasteiger partial charge on any atom is -0.484 e. The maximum Gasteiger partial charge on any atom is 0.263 e. The number of aryl methyl sites for hydroxylation is 1. The van der Waals surface area contributed by atoms with E-state index >= 15 is 0 Å². The van der Waals surface area contributed by atoms with E-state index in [1.54, 1.807) is 0 Å². The van der Waals surface area contributed by atoms with Gasteiger partial charge in [-0.25, -0.2) is 4.68 Å². The first kappa shape index (κ1) is 17.7. The van der Waals surface area contributed by atoms with Crippen LogP contribution in [0.25, 0.3) is 5.69 Å². The number of fused-ring (bicyclic) bond motifs is 1. The van der Waals surface area contributed by atoms with Gasteiger partial charge in [0.05, 0.1) is 11.4 Å². The van der Waals surface area contributed by atoms with Gasteiger partial charge in [0, 0.05) is 17.1 Å². The predicted octanol–water partition coefficient (Wildman–Crippen LogP) is 4.25. The first-order valence-corrected chi connectivity index (χ1v) is 10.0. The molecule has 138 valence electrons. The zero-order valence-corrected chi connectivity index (χ0v) is 16.2. The molecule has 5 nitrogen and oxygen atoms in total. The summed E-state index contributed by atoms with van der Waals surface area (Å²) >= 11 is 1.81. The molecule has 0 saturated heterocycles. The number of ether oxygens (including phenoxy) is 1. The lowest BCUT2D eigenvalue weighted by Crippen LogP contribution is -2.22. The number of thioether (sulfide) groups is 1. The van der Waals surface area contributed by atoms with Gasteiger partial charge in [-0.3, -0.25) is 4.79 Å². The molecule has 1 aromatic heterocycles. The zero-order chi connectivity index (χ0) is 18.8. The Bertz CT molecular complexity index is 983. The van der Waals surface area contributed by atoms with Gasteiger partial charge in [0.25, 0.3) is 5.91 Å². The standard InChI is InChI=1S/C21H21N3O2S/c1-14-7-6-10-19(15(14)2)24-21(17-12-27-13-18(17)23-24)22-20(25)11-26-16-8-4-3-5-9-16/h3-10H,11-13H2,1-2H3,(H,22,25). The molecule has 0 saturated carbocycles. The second kappa shape index (κ2) is 7.48. The highest BCUT2D eigenvalue weighted by molar-refractivity contribution is 7.98. The van der Waals surface area contributed by atoms with E-state index in [0.29, 0.717) is 5.75 Å². The number of hydrogen-bond donors (Lipinski definition) is 1. The van der Waals surface area contributed by atoms with Gasteiger partial charge in [-0.15, -0.1) is 0 Å². The van der Waals surface area contributed by atoms with E-state index in [4.69, 9.17) is 9.84 Å². The normalized spacial score (nSPS) is 12.7. The molecular formula is C21H21N3O2S. The summed E-state index contributed by atoms with van der Waals surface area (Å²) in [5.41, 5.74) is 5.49. The van der Waals surface area contributed by atoms with E-state index in [0.717, 1.165) is 39.8 Å². The molecule has 6 heteroatoms. The van der Waals surface area contributed by atoms with Crippen LogP contribution in [0.1, 0.15) is 22.4 Å². The van der Waals surface area contributed by atoms with Gasteiger partial charge < -0.3 is 10.1 Å². The number of amides is 1. The highest BCUT2D eigenvalue weighted by Gasteiger charge is 2.25. The van der Waals surface area contributed by atoms with Gasteiger partial charge in [0.1, 0.15) is 11.6 Å². The lowest BCUT2D eigenvalue weighted by atomic mass is 10.1. The summed E-state index contributed by atoms with van der Waals surface area (Å²) in [7, 11) is 0. The summed E-state index contributed by atoms with van der Waals surface area (Å²) in [5.74, 6) is 2.97. The summed E-state index contributed by atoms with van der Waals surface area (Å²) < 4.78 is 7.45. The monoisotopic (exact) mass is 379 g/mol. The van der Waals surface area contributed by atoms with Gasteiger partial charge in [-0.05, 0) is 43.2 Å². The predicted molar refractivity (Wildman–Crippen MR) is 109 cm³/mol. The van der Waals surface area contributed by atoms with Crippen molar-refractivity contribution in [3.8, 4) is 11.4 Å². The molecule has 1 amide bonds. The summed E-state index contributed by atoms with van der Waals surface area (Å²) in [5, 5.41) is 7.80. The summed E-state index contributed by atoms with van der Waals surface area (Å²) in [6, 6.07) is 15.5. The van der Waals surface area contributed by atoms with Crippen LogP contribution in [0.4, 0.5) is 5.82 Å². The lowest BCUT2D eigenvalue weighted by Gasteiger charge is -2.14. The number of para-hydroxylation sites is 1. The molecule has 27 heavy (non-hydrogen) atoms. The SMILES string of the molecule is Cc1cccc(-n2nc3c(c2NC(=O)COc2ccccc2)CSC3)c1C. The molecule has 0 fully saturated rings. The Morgan fingerprint density at radius 2 is 1.96 bits per heavy atom. The maximum atomic E-state index is 12.5. The number of carbonyl (C=O) groups excluding carboxylic acids is 1. The Morgan fingerprint density at radius 1 is 1.15 bits per heavy atom. The largest absolute Gasteiger partial charge is 0.484 e. The van der Waals surface area contributed by atoms with Crippen LogP contribution in [0.15, 0.2) is 48.5 Å². The molecule has 2 aromatic carbocycles. The van der Waals surface area contributed by atoms with Gasteiger partial charge in [-0.1, -0.05) is 30.3 Å². The molecule has 1 aliphatic rings. The van der Waals surface area contributed by atoms with E-state index in [1.165, 1.54) is 5.56 Å². The third kappa shape index (κ3) is 3.57. The minimum absolute atomic E-state index is 0.0378. The second-order valence-corrected chi connectivity index (χ2v) is 7.53. The molecule has 4 rings (SSSR count). The quantitative estimate of drug-likeness (QED) is 0.720. The number of aromatic nitrogens is 2. The Labute approximate surface area is 162 Å². The first-order valence-electron chi connectivity index (χ1n) is 8.86. The van der Waals surface area contributed by atoms with Crippen molar-refractivity contribution in [2.75, 3.05) is 11.9 Å². The summed E-state index contributed by atoms with van der Waals surface area (Å²) in [6.45, 7) is 4.12. The number of anilines is 1. The van der Waals surface area contributed by atoms with E-state index < -0.39 is 0 Å². The zero-order valence-electron chi connectivity index (χ0n) is 15.4. The van der Waals surface area contributed by atoms with Gasteiger partial charge in [-0.2, -0.15) is 16.9 Å². The lowest BCUT2D eigenvalue weighted by molar-refractivity contribution is -0.118. The van der Waals surface area contributed by atoms with Crippen LogP contribution in [-0.4, -0.2) is 22.3 Å². The number of nitrogens with one attached hydrogen (secondary N) is 1. The molecule has 0 aliphatic carbocycles. The van der Waals surface area contributed by atoms with Crippen molar-refractivity contribution in [1.29, 1.82) is 0 Å². The molecule has 0 bridgehead atoms. The Hall–Kier alpha value is -2.73. The number of benzene rings is 2. The molecule has 0 unspecified atom stereocenters. The van der Waals surface area contributed by atoms with Crippen LogP contribution in [0.5, 0.6) is 5.75 Å². The molecule has 0 spiro atoms. The Kier molecular flexibility index (Phi) is 4.90. The highest BCUT2D eigenvalue weighted by Crippen LogP contribution is 2.36. The Balaban J connectivity index is 1.60. The molecule has 0 atom stereocenters. The van der Waals surface area contributed by atoms with E-state index in [2.05, 4.69) is 25.2 Å². The smallest absolute Gasteiger partial charge is 0.263 e. The van der Waals surface area contributed by atoms with Gasteiger partial charge >= 0.3 is 0 Å². The fraction of sp³-hybridized carbons (Fsp3) is 0.238. The van der Waals surface area contributed by atoms with Crippen LogP contribution in [0, 0.1) is 13.8 Å². The number of carbonyl (C=O) groups is 1. The average Bonchev–Trinajstić information content (AvgIpc) is 3.26. The molecule has 2 heterocycles. The molecule has 1 aliphatic heterocycles. The number of rotatable bonds is 5. The number of hydrogen-bond acceptors (Lipinski definition) is 4. The number of nitrogens with zero attached hydrogens (tertiary/aromatic N) is 2. The van der Waals surface area contributed by atoms with Gasteiger partial charge in [0.2, 0.25) is 0 Å². The van der Waals surface area contributed by atoms with Crippen molar-refractivity contribution >= 4 is 23.5 Å². The third-order valence-corrected chi connectivity index (χ3v) is 5.70. The topological polar surface area (TPSA) is 56.2 Å². The summed E-state index contributed by atoms with van der Waals surface area (Å²) in [4.78, 5) is 12.5. The van der Waals surface area contributed by atoms with Crippen LogP contribution in [0.3, 0.4) is 0 Å². The van der Waals surface area contributed by atoms with Crippen molar-refractivity contribution in [2.24, 2.45) is 0 Å². The third-order valence-electron chi connectivity index (χ3n) is 4.73. The van der Waals surface area contributed by atoms with Crippen molar-refractivity contribution in [3.05, 3.63) is 70.9 Å². The first-order chi connectivity index (χ1) is 13.1. The van der Waals surface area contributed by atoms with Crippen molar-refractivity contribution in [2.45, 2.75) is 25.4 Å². The maximum absolute atomic E-state index is 12.5. The summed E-state index contributed by atoms with van der Waals surface area (Å²) in [6.07, 6.45) is 0. The Morgan fingerprint density at radius 3 is 2.78 bits per heavy atom. The van der Waals surface area contributed by atoms with Crippen LogP contribution >= 0.6 is 11.8 Å². The van der Waals surface area contributed by atoms with E-state index in [9.17, 15) is 4.79 Å². The van der Waals surface area contributed by atoms with Gasteiger partial charge in [0.15, 0.2) is 6.61 Å². The highest BCUT2D eigenvalue weighted by atomic mass is 32.2. The van der Waals surface area contributed by atoms with Crippen LogP contribution < -0.4 is 10.1 Å². The fourth-order valence-electron chi connectivity index (χ4n) is 3.11. The molecule has 3 aromatic rings. The van der Waals surface area contributed by atoms with E-state index in [1.807, 2.05) is 58.9 Å². The fourth-order valence-corrected chi connectivity index (χ4v) is 4.15. The molecule has 1 N–H and O–H groups in total. The molecular weight excluding hydrogens is 358 g/mol. The average molecular weight is 379 g/mol. The molecule has 0 radical (unpaired) electrons. The van der Waals surface area contributed by atoms with Crippen molar-refractivity contribution < 1.29 is 9.53 Å². The minimum atomic E-state index is -0.190. The second-order valence-electron chi connectivity index (χ2n) is 6.55. The van der Waals surface area contributed by atoms with Crippen molar-refractivity contribution in [1.82, 2.24) is 9.78 Å². The van der Waals surface area contributed by atoms with Crippen molar-refractivity contribution in [3.63, 3.8) is 0 Å². The van der Waals surface area contributed by atoms with Crippen LogP contribution in [-0.2, 0) is 16.3 Å². The van der Waals surface area contributed by atoms with E-state index in [-0.39, 0.29) is 12.5 Å².